The molecule has 2 amide bonds. The Hall–Kier alpha value is -2.62. The first-order valence-corrected chi connectivity index (χ1v) is 9.19. The summed E-state index contributed by atoms with van der Waals surface area (Å²) in [6, 6.07) is 20.6. The zero-order valence-corrected chi connectivity index (χ0v) is 15.4. The van der Waals surface area contributed by atoms with Crippen molar-refractivity contribution in [2.24, 2.45) is 0 Å². The predicted octanol–water partition coefficient (Wildman–Crippen LogP) is 4.76. The number of rotatable bonds is 6. The lowest BCUT2D eigenvalue weighted by Gasteiger charge is -2.10. The fourth-order valence-corrected chi connectivity index (χ4v) is 2.72. The van der Waals surface area contributed by atoms with Crippen LogP contribution in [0.3, 0.4) is 0 Å². The molecule has 1 heterocycles. The molecule has 0 atom stereocenters. The number of unbranched alkanes of at least 4 members (excludes halogenated alkanes) is 2. The molecule has 1 aliphatic rings. The van der Waals surface area contributed by atoms with Crippen LogP contribution in [0.4, 0.5) is 4.79 Å². The Kier molecular flexibility index (Phi) is 8.40. The molecule has 0 saturated carbocycles. The highest BCUT2D eigenvalue weighted by molar-refractivity contribution is 5.92. The van der Waals surface area contributed by atoms with Crippen LogP contribution in [0.25, 0.3) is 0 Å². The quantitative estimate of drug-likeness (QED) is 0.703. The van der Waals surface area contributed by atoms with Crippen molar-refractivity contribution in [1.82, 2.24) is 4.90 Å². The number of ether oxygens (including phenoxy) is 1. The van der Waals surface area contributed by atoms with Crippen LogP contribution in [-0.2, 0) is 16.0 Å². The first-order valence-electron chi connectivity index (χ1n) is 9.19. The van der Waals surface area contributed by atoms with Crippen LogP contribution >= 0.6 is 0 Å². The van der Waals surface area contributed by atoms with E-state index in [0.29, 0.717) is 19.6 Å². The van der Waals surface area contributed by atoms with Crippen molar-refractivity contribution in [1.29, 1.82) is 0 Å². The lowest BCUT2D eigenvalue weighted by Crippen LogP contribution is -2.31. The Balaban J connectivity index is 0.000000290. The molecule has 0 N–H and O–H groups in total. The van der Waals surface area contributed by atoms with E-state index < -0.39 is 6.09 Å². The van der Waals surface area contributed by atoms with Gasteiger partial charge in [0.05, 0.1) is 6.54 Å². The van der Waals surface area contributed by atoms with Crippen LogP contribution in [0.2, 0.25) is 0 Å². The summed E-state index contributed by atoms with van der Waals surface area (Å²) < 4.78 is 4.74. The lowest BCUT2D eigenvalue weighted by molar-refractivity contribution is -0.127. The van der Waals surface area contributed by atoms with E-state index in [2.05, 4.69) is 31.2 Å². The van der Waals surface area contributed by atoms with Crippen LogP contribution in [-0.4, -0.2) is 30.1 Å². The van der Waals surface area contributed by atoms with Gasteiger partial charge in [0.2, 0.25) is 5.91 Å². The Bertz CT molecular complexity index is 670. The van der Waals surface area contributed by atoms with Crippen molar-refractivity contribution in [2.45, 2.75) is 39.0 Å². The summed E-state index contributed by atoms with van der Waals surface area (Å²) in [4.78, 5) is 24.1. The molecule has 2 aromatic rings. The number of carbonyl (C=O) groups excluding carboxylic acids is 2. The van der Waals surface area contributed by atoms with Crippen LogP contribution in [0.15, 0.2) is 60.7 Å². The molecule has 0 spiro atoms. The van der Waals surface area contributed by atoms with Crippen molar-refractivity contribution in [2.75, 3.05) is 13.2 Å². The minimum atomic E-state index is -0.491. The third-order valence-electron chi connectivity index (χ3n) is 4.20. The molecule has 1 aliphatic heterocycles. The second-order valence-electron chi connectivity index (χ2n) is 6.36. The molecule has 0 aliphatic carbocycles. The van der Waals surface area contributed by atoms with E-state index in [0.717, 1.165) is 25.7 Å². The fraction of sp³-hybridized carbons (Fsp3) is 0.364. The number of hydrogen-bond donors (Lipinski definition) is 0. The zero-order chi connectivity index (χ0) is 18.6. The van der Waals surface area contributed by atoms with E-state index in [1.54, 1.807) is 0 Å². The van der Waals surface area contributed by atoms with E-state index >= 15 is 0 Å². The van der Waals surface area contributed by atoms with Gasteiger partial charge in [-0.1, -0.05) is 72.6 Å². The maximum Gasteiger partial charge on any atom is 0.416 e. The average molecular weight is 353 g/mol. The van der Waals surface area contributed by atoms with Gasteiger partial charge in [0, 0.05) is 6.42 Å². The number of aryl methyl sites for hydroxylation is 2. The Morgan fingerprint density at radius 2 is 1.62 bits per heavy atom. The van der Waals surface area contributed by atoms with Crippen molar-refractivity contribution < 1.29 is 14.3 Å². The zero-order valence-electron chi connectivity index (χ0n) is 15.4. The minimum absolute atomic E-state index is 0.109. The molecular weight excluding hydrogens is 326 g/mol. The van der Waals surface area contributed by atoms with Gasteiger partial charge in [0.15, 0.2) is 0 Å². The maximum absolute atomic E-state index is 11.7. The number of amides is 2. The van der Waals surface area contributed by atoms with Crippen LogP contribution in [0, 0.1) is 6.92 Å². The van der Waals surface area contributed by atoms with Gasteiger partial charge in [-0.2, -0.15) is 0 Å². The molecular formula is C22H27NO3. The summed E-state index contributed by atoms with van der Waals surface area (Å²) in [6.45, 7) is 2.82. The van der Waals surface area contributed by atoms with Crippen LogP contribution in [0.1, 0.15) is 36.8 Å². The van der Waals surface area contributed by atoms with Gasteiger partial charge < -0.3 is 4.74 Å². The first-order chi connectivity index (χ1) is 12.7. The SMILES string of the molecule is Cc1ccccc1.O=C(CCCCCc1ccccc1)N1CCOC1=O. The standard InChI is InChI=1S/C15H19NO3.C7H8/c17-14(16-11-12-19-15(16)18)10-6-2-5-9-13-7-3-1-4-8-13;1-7-5-3-2-4-6-7/h1,3-4,7-8H,2,5-6,9-12H2;2-6H,1H3. The summed E-state index contributed by atoms with van der Waals surface area (Å²) in [5, 5.41) is 0. The van der Waals surface area contributed by atoms with Gasteiger partial charge in [0.25, 0.3) is 0 Å². The number of imide groups is 1. The number of cyclic esters (lactones) is 1. The second kappa shape index (κ2) is 11.1. The summed E-state index contributed by atoms with van der Waals surface area (Å²) in [5.41, 5.74) is 2.65. The van der Waals surface area contributed by atoms with Gasteiger partial charge >= 0.3 is 6.09 Å². The van der Waals surface area contributed by atoms with Gasteiger partial charge in [-0.3, -0.25) is 4.79 Å². The van der Waals surface area contributed by atoms with Crippen molar-refractivity contribution >= 4 is 12.0 Å². The second-order valence-corrected chi connectivity index (χ2v) is 6.36. The number of nitrogens with zero attached hydrogens (tertiary/aromatic N) is 1. The fourth-order valence-electron chi connectivity index (χ4n) is 2.72. The molecule has 4 heteroatoms. The molecule has 0 radical (unpaired) electrons. The van der Waals surface area contributed by atoms with Gasteiger partial charge in [-0.15, -0.1) is 0 Å². The topological polar surface area (TPSA) is 46.6 Å². The van der Waals surface area contributed by atoms with E-state index in [-0.39, 0.29) is 5.91 Å². The first kappa shape index (κ1) is 19.7. The minimum Gasteiger partial charge on any atom is -0.447 e. The third-order valence-corrected chi connectivity index (χ3v) is 4.20. The van der Waals surface area contributed by atoms with E-state index in [9.17, 15) is 9.59 Å². The molecule has 0 aromatic heterocycles. The predicted molar refractivity (Wildman–Crippen MR) is 103 cm³/mol. The van der Waals surface area contributed by atoms with Gasteiger partial charge in [0.1, 0.15) is 6.61 Å². The van der Waals surface area contributed by atoms with Crippen molar-refractivity contribution in [3.8, 4) is 0 Å². The van der Waals surface area contributed by atoms with E-state index in [4.69, 9.17) is 4.74 Å². The summed E-state index contributed by atoms with van der Waals surface area (Å²) in [6.07, 6.45) is 3.89. The van der Waals surface area contributed by atoms with Crippen molar-refractivity contribution in [3.05, 3.63) is 71.8 Å². The Morgan fingerprint density at radius 1 is 0.962 bits per heavy atom. The number of hydrogen-bond acceptors (Lipinski definition) is 3. The number of carbonyl (C=O) groups is 2. The average Bonchev–Trinajstić information content (AvgIpc) is 3.09. The normalized spacial score (nSPS) is 13.0. The molecule has 0 bridgehead atoms. The van der Waals surface area contributed by atoms with Crippen LogP contribution in [0.5, 0.6) is 0 Å². The highest BCUT2D eigenvalue weighted by atomic mass is 16.6. The smallest absolute Gasteiger partial charge is 0.416 e. The monoisotopic (exact) mass is 353 g/mol. The molecule has 1 saturated heterocycles. The lowest BCUT2D eigenvalue weighted by atomic mass is 10.1. The highest BCUT2D eigenvalue weighted by Gasteiger charge is 2.27. The van der Waals surface area contributed by atoms with Gasteiger partial charge in [-0.05, 0) is 31.7 Å². The van der Waals surface area contributed by atoms with E-state index in [1.807, 2.05) is 36.4 Å². The molecule has 4 nitrogen and oxygen atoms in total. The van der Waals surface area contributed by atoms with E-state index in [1.165, 1.54) is 16.0 Å². The summed E-state index contributed by atoms with van der Waals surface area (Å²) in [7, 11) is 0. The largest absolute Gasteiger partial charge is 0.447 e. The van der Waals surface area contributed by atoms with Gasteiger partial charge in [-0.25, -0.2) is 9.69 Å². The molecule has 138 valence electrons. The highest BCUT2D eigenvalue weighted by Crippen LogP contribution is 2.11. The van der Waals surface area contributed by atoms with Crippen molar-refractivity contribution in [3.63, 3.8) is 0 Å². The molecule has 26 heavy (non-hydrogen) atoms. The summed E-state index contributed by atoms with van der Waals surface area (Å²) in [5.74, 6) is -0.109. The Labute approximate surface area is 155 Å². The molecule has 3 rings (SSSR count). The molecule has 1 fully saturated rings. The third kappa shape index (κ3) is 7.09. The molecule has 0 unspecified atom stereocenters. The Morgan fingerprint density at radius 3 is 2.15 bits per heavy atom. The molecule has 2 aromatic carbocycles. The summed E-state index contributed by atoms with van der Waals surface area (Å²) >= 11 is 0. The maximum atomic E-state index is 11.7. The number of benzene rings is 2. The van der Waals surface area contributed by atoms with Crippen LogP contribution < -0.4 is 0 Å².